The van der Waals surface area contributed by atoms with E-state index in [1.54, 1.807) is 24.3 Å². The lowest BCUT2D eigenvalue weighted by Crippen LogP contribution is -2.59. The molecule has 2 heterocycles. The van der Waals surface area contributed by atoms with Crippen LogP contribution in [0.5, 0.6) is 0 Å². The van der Waals surface area contributed by atoms with Crippen molar-refractivity contribution in [3.05, 3.63) is 120 Å². The lowest BCUT2D eigenvalue weighted by molar-refractivity contribution is -0.158. The van der Waals surface area contributed by atoms with E-state index in [-0.39, 0.29) is 19.6 Å². The fourth-order valence-electron chi connectivity index (χ4n) is 5.60. The number of nitrogens with zero attached hydrogens (tertiary/aromatic N) is 2. The highest BCUT2D eigenvalue weighted by Crippen LogP contribution is 2.38. The van der Waals surface area contributed by atoms with Gasteiger partial charge < -0.3 is 19.4 Å². The molecule has 220 valence electrons. The maximum Gasteiger partial charge on any atom is 0.408 e. The van der Waals surface area contributed by atoms with Crippen molar-refractivity contribution in [2.75, 3.05) is 13.2 Å². The van der Waals surface area contributed by atoms with Gasteiger partial charge in [-0.25, -0.2) is 4.79 Å². The number of hydrogen-bond donors (Lipinski definition) is 1. The molecule has 0 unspecified atom stereocenters. The fraction of sp³-hybridized carbons (Fsp3) is 0.235. The molecule has 0 aliphatic carbocycles. The summed E-state index contributed by atoms with van der Waals surface area (Å²) >= 11 is 0. The third kappa shape index (κ3) is 6.51. The number of fused-ring (bicyclic) bond motifs is 1. The van der Waals surface area contributed by atoms with Crippen LogP contribution in [0.25, 0.3) is 10.9 Å². The summed E-state index contributed by atoms with van der Waals surface area (Å²) in [5.41, 5.74) is 3.42. The Balaban J connectivity index is 1.56. The number of para-hydroxylation sites is 1. The van der Waals surface area contributed by atoms with Crippen LogP contribution in [-0.4, -0.2) is 52.6 Å². The maximum atomic E-state index is 14.3. The molecule has 0 saturated carbocycles. The second kappa shape index (κ2) is 13.2. The first-order valence-electron chi connectivity index (χ1n) is 14.1. The number of benzene rings is 3. The lowest BCUT2D eigenvalue weighted by atomic mass is 9.83. The molecule has 1 aromatic heterocycles. The zero-order chi connectivity index (χ0) is 30.3. The Labute approximate surface area is 249 Å². The molecular formula is C34H33N3O6. The summed E-state index contributed by atoms with van der Waals surface area (Å²) in [5, 5.41) is 3.61. The Morgan fingerprint density at radius 1 is 0.977 bits per heavy atom. The number of esters is 1. The quantitative estimate of drug-likeness (QED) is 0.159. The molecule has 9 nitrogen and oxygen atoms in total. The first-order valence-corrected chi connectivity index (χ1v) is 14.1. The molecule has 3 atom stereocenters. The second-order valence-corrected chi connectivity index (χ2v) is 10.4. The summed E-state index contributed by atoms with van der Waals surface area (Å²) < 4.78 is 12.6. The lowest BCUT2D eigenvalue weighted by Gasteiger charge is -2.40. The third-order valence-corrected chi connectivity index (χ3v) is 7.53. The smallest absolute Gasteiger partial charge is 0.408 e. The minimum absolute atomic E-state index is 0.0461. The standard InChI is InChI=1S/C34H33N3O6/c1-3-18-42-34(41)35-32-27(28-21-36(20-24-12-6-4-7-13-24)29-17-11-10-16-26(28)29)19-31(39)37(33(32)40)30(22-43-23(2)38)25-14-8-5-9-15-25/h3-17,21,27,30,32H,1,18-20,22H2,2H3,(H,35,41)/t27-,30-,32-/m0/s1. The molecule has 0 radical (unpaired) electrons. The van der Waals surface area contributed by atoms with Crippen LogP contribution in [0.4, 0.5) is 4.79 Å². The molecule has 1 aliphatic heterocycles. The Morgan fingerprint density at radius 2 is 1.65 bits per heavy atom. The van der Waals surface area contributed by atoms with E-state index >= 15 is 0 Å². The van der Waals surface area contributed by atoms with Gasteiger partial charge in [0.25, 0.3) is 5.91 Å². The summed E-state index contributed by atoms with van der Waals surface area (Å²) in [5.74, 6) is -2.27. The van der Waals surface area contributed by atoms with Gasteiger partial charge in [-0.1, -0.05) is 91.5 Å². The van der Waals surface area contributed by atoms with Gasteiger partial charge in [0.05, 0.1) is 6.04 Å². The average Bonchev–Trinajstić information content (AvgIpc) is 3.37. The average molecular weight is 580 g/mol. The van der Waals surface area contributed by atoms with Crippen LogP contribution < -0.4 is 5.32 Å². The van der Waals surface area contributed by atoms with Crippen LogP contribution in [-0.2, 0) is 30.4 Å². The highest BCUT2D eigenvalue weighted by molar-refractivity contribution is 6.04. The molecule has 1 aliphatic rings. The first-order chi connectivity index (χ1) is 20.9. The fourth-order valence-corrected chi connectivity index (χ4v) is 5.60. The Kier molecular flexibility index (Phi) is 9.00. The van der Waals surface area contributed by atoms with Crippen molar-refractivity contribution in [2.24, 2.45) is 0 Å². The maximum absolute atomic E-state index is 14.3. The van der Waals surface area contributed by atoms with Crippen molar-refractivity contribution in [2.45, 2.75) is 37.9 Å². The molecule has 5 rings (SSSR count). The van der Waals surface area contributed by atoms with Crippen LogP contribution in [0.2, 0.25) is 0 Å². The highest BCUT2D eigenvalue weighted by Gasteiger charge is 2.47. The zero-order valence-corrected chi connectivity index (χ0v) is 23.8. The van der Waals surface area contributed by atoms with Gasteiger partial charge in [0.2, 0.25) is 5.91 Å². The normalized spacial score (nSPS) is 17.4. The monoisotopic (exact) mass is 579 g/mol. The van der Waals surface area contributed by atoms with Gasteiger partial charge >= 0.3 is 12.1 Å². The minimum atomic E-state index is -1.13. The number of carbonyl (C=O) groups excluding carboxylic acids is 4. The van der Waals surface area contributed by atoms with Gasteiger partial charge in [-0.05, 0) is 22.8 Å². The van der Waals surface area contributed by atoms with Crippen molar-refractivity contribution in [3.63, 3.8) is 0 Å². The van der Waals surface area contributed by atoms with Crippen LogP contribution in [0, 0.1) is 0 Å². The minimum Gasteiger partial charge on any atom is -0.463 e. The number of imide groups is 1. The number of ether oxygens (including phenoxy) is 2. The van der Waals surface area contributed by atoms with E-state index in [1.165, 1.54) is 13.0 Å². The molecule has 1 fully saturated rings. The summed E-state index contributed by atoms with van der Waals surface area (Å²) in [7, 11) is 0. The molecule has 43 heavy (non-hydrogen) atoms. The molecule has 0 spiro atoms. The van der Waals surface area contributed by atoms with Crippen LogP contribution >= 0.6 is 0 Å². The second-order valence-electron chi connectivity index (χ2n) is 10.4. The number of likely N-dealkylation sites (tertiary alicyclic amines) is 1. The van der Waals surface area contributed by atoms with E-state index in [1.807, 2.05) is 66.9 Å². The van der Waals surface area contributed by atoms with Crippen molar-refractivity contribution in [1.29, 1.82) is 0 Å². The molecule has 3 aromatic carbocycles. The third-order valence-electron chi connectivity index (χ3n) is 7.53. The van der Waals surface area contributed by atoms with E-state index in [0.29, 0.717) is 12.1 Å². The van der Waals surface area contributed by atoms with E-state index in [0.717, 1.165) is 26.9 Å². The van der Waals surface area contributed by atoms with Crippen LogP contribution in [0.1, 0.15) is 42.0 Å². The molecule has 4 aromatic rings. The van der Waals surface area contributed by atoms with Crippen molar-refractivity contribution in [3.8, 4) is 0 Å². The largest absolute Gasteiger partial charge is 0.463 e. The van der Waals surface area contributed by atoms with E-state index in [4.69, 9.17) is 9.47 Å². The number of piperidine rings is 1. The summed E-state index contributed by atoms with van der Waals surface area (Å²) in [4.78, 5) is 53.9. The molecule has 1 N–H and O–H groups in total. The Hall–Kier alpha value is -5.18. The van der Waals surface area contributed by atoms with E-state index < -0.39 is 41.9 Å². The van der Waals surface area contributed by atoms with Crippen LogP contribution in [0.3, 0.4) is 0 Å². The molecule has 9 heteroatoms. The SMILES string of the molecule is C=CCOC(=O)N[C@@H]1C(=O)N([C@@H](COC(C)=O)c2ccccc2)C(=O)C[C@H]1c1cn(Cc2ccccc2)c2ccccc12. The van der Waals surface area contributed by atoms with Crippen LogP contribution in [0.15, 0.2) is 104 Å². The van der Waals surface area contributed by atoms with Gasteiger partial charge in [0.15, 0.2) is 0 Å². The molecule has 3 amide bonds. The van der Waals surface area contributed by atoms with E-state index in [9.17, 15) is 19.2 Å². The Morgan fingerprint density at radius 3 is 2.35 bits per heavy atom. The van der Waals surface area contributed by atoms with Crippen molar-refractivity contribution < 1.29 is 28.7 Å². The van der Waals surface area contributed by atoms with Gasteiger partial charge in [-0.15, -0.1) is 0 Å². The number of amides is 3. The summed E-state index contributed by atoms with van der Waals surface area (Å²) in [6.45, 7) is 5.16. The number of carbonyl (C=O) groups is 4. The van der Waals surface area contributed by atoms with E-state index in [2.05, 4.69) is 16.5 Å². The van der Waals surface area contributed by atoms with Crippen molar-refractivity contribution >= 4 is 34.8 Å². The number of alkyl carbamates (subject to hydrolysis) is 1. The molecule has 0 bridgehead atoms. The Bertz CT molecular complexity index is 1630. The number of hydrogen-bond acceptors (Lipinski definition) is 6. The topological polar surface area (TPSA) is 107 Å². The summed E-state index contributed by atoms with van der Waals surface area (Å²) in [6, 6.07) is 24.7. The van der Waals surface area contributed by atoms with Gasteiger partial charge in [-0.2, -0.15) is 0 Å². The number of nitrogens with one attached hydrogen (secondary N) is 1. The predicted molar refractivity (Wildman–Crippen MR) is 161 cm³/mol. The molecule has 1 saturated heterocycles. The highest BCUT2D eigenvalue weighted by atomic mass is 16.5. The zero-order valence-electron chi connectivity index (χ0n) is 23.8. The number of rotatable bonds is 10. The van der Waals surface area contributed by atoms with Crippen molar-refractivity contribution in [1.82, 2.24) is 14.8 Å². The molecular weight excluding hydrogens is 546 g/mol. The predicted octanol–water partition coefficient (Wildman–Crippen LogP) is 5.12. The van der Waals surface area contributed by atoms with Gasteiger partial charge in [0, 0.05) is 42.9 Å². The van der Waals surface area contributed by atoms with Gasteiger partial charge in [-0.3, -0.25) is 19.3 Å². The van der Waals surface area contributed by atoms with Gasteiger partial charge in [0.1, 0.15) is 19.3 Å². The summed E-state index contributed by atoms with van der Waals surface area (Å²) in [6.07, 6.45) is 2.51. The number of aromatic nitrogens is 1. The first kappa shape index (κ1) is 29.3.